The van der Waals surface area contributed by atoms with Crippen LogP contribution in [0.5, 0.6) is 0 Å². The van der Waals surface area contributed by atoms with Gasteiger partial charge in [0, 0.05) is 18.0 Å². The molecule has 7 nitrogen and oxygen atoms in total. The number of carbonyl (C=O) groups is 1. The molecular formula is C18H9Cl2F3N4O3. The number of imidazole rings is 1. The number of alkyl halides is 3. The summed E-state index contributed by atoms with van der Waals surface area (Å²) < 4.78 is 49.9. The summed E-state index contributed by atoms with van der Waals surface area (Å²) in [6, 6.07) is 5.17. The van der Waals surface area contributed by atoms with Crippen LogP contribution in [0.1, 0.15) is 15.9 Å². The molecule has 0 aliphatic heterocycles. The van der Waals surface area contributed by atoms with Crippen molar-refractivity contribution in [1.29, 1.82) is 0 Å². The number of hydrogen-bond acceptors (Lipinski definition) is 6. The zero-order valence-corrected chi connectivity index (χ0v) is 16.4. The van der Waals surface area contributed by atoms with E-state index in [0.717, 1.165) is 16.7 Å². The average molecular weight is 457 g/mol. The first-order valence-corrected chi connectivity index (χ1v) is 8.90. The van der Waals surface area contributed by atoms with Crippen LogP contribution in [0.25, 0.3) is 28.6 Å². The van der Waals surface area contributed by atoms with Crippen molar-refractivity contribution < 1.29 is 27.2 Å². The molecule has 30 heavy (non-hydrogen) atoms. The van der Waals surface area contributed by atoms with E-state index in [1.165, 1.54) is 31.5 Å². The number of hydrogen-bond donors (Lipinski definition) is 0. The molecule has 0 aliphatic carbocycles. The predicted molar refractivity (Wildman–Crippen MR) is 100 cm³/mol. The molecule has 4 rings (SSSR count). The molecule has 0 unspecified atom stereocenters. The van der Waals surface area contributed by atoms with E-state index >= 15 is 0 Å². The Morgan fingerprint density at radius 1 is 1.13 bits per heavy atom. The van der Waals surface area contributed by atoms with Crippen LogP contribution in [0, 0.1) is 0 Å². The van der Waals surface area contributed by atoms with E-state index in [0.29, 0.717) is 5.56 Å². The number of benzene rings is 1. The number of rotatable bonds is 3. The predicted octanol–water partition coefficient (Wildman–Crippen LogP) is 5.16. The van der Waals surface area contributed by atoms with Crippen molar-refractivity contribution in [2.24, 2.45) is 0 Å². The maximum atomic E-state index is 13.0. The van der Waals surface area contributed by atoms with Crippen LogP contribution < -0.4 is 0 Å². The molecule has 0 fully saturated rings. The quantitative estimate of drug-likeness (QED) is 0.395. The third-order valence-corrected chi connectivity index (χ3v) is 4.70. The fraction of sp³-hybridized carbons (Fsp3) is 0.111. The highest BCUT2D eigenvalue weighted by Gasteiger charge is 2.32. The lowest BCUT2D eigenvalue weighted by Crippen LogP contribution is -2.06. The molecule has 0 radical (unpaired) electrons. The number of halogens is 5. The molecule has 1 aromatic carbocycles. The van der Waals surface area contributed by atoms with Gasteiger partial charge in [-0.2, -0.15) is 18.2 Å². The summed E-state index contributed by atoms with van der Waals surface area (Å²) in [5, 5.41) is 3.81. The number of methoxy groups -OCH3 is 1. The van der Waals surface area contributed by atoms with E-state index in [2.05, 4.69) is 19.9 Å². The number of pyridine rings is 1. The lowest BCUT2D eigenvalue weighted by Gasteiger charge is -2.07. The fourth-order valence-corrected chi connectivity index (χ4v) is 3.22. The second-order valence-electron chi connectivity index (χ2n) is 6.04. The van der Waals surface area contributed by atoms with Gasteiger partial charge in [0.15, 0.2) is 5.65 Å². The SMILES string of the molecule is COC(=O)c1ccc(-c2noc(-c3cn4cc(C(F)(F)F)cc(Cl)c4n3)n2)c(Cl)c1. The first-order chi connectivity index (χ1) is 14.2. The van der Waals surface area contributed by atoms with Gasteiger partial charge < -0.3 is 13.7 Å². The number of aromatic nitrogens is 4. The van der Waals surface area contributed by atoms with Crippen molar-refractivity contribution in [2.45, 2.75) is 6.18 Å². The minimum atomic E-state index is -4.56. The first kappa shape index (κ1) is 20.2. The highest BCUT2D eigenvalue weighted by atomic mass is 35.5. The zero-order chi connectivity index (χ0) is 21.6. The molecule has 3 heterocycles. The molecule has 0 N–H and O–H groups in total. The molecule has 0 atom stereocenters. The Labute approximate surface area is 176 Å². The maximum Gasteiger partial charge on any atom is 0.417 e. The van der Waals surface area contributed by atoms with Gasteiger partial charge in [0.25, 0.3) is 5.89 Å². The van der Waals surface area contributed by atoms with Gasteiger partial charge in [-0.3, -0.25) is 0 Å². The van der Waals surface area contributed by atoms with Gasteiger partial charge in [0.1, 0.15) is 5.69 Å². The second-order valence-corrected chi connectivity index (χ2v) is 6.86. The Balaban J connectivity index is 1.71. The molecule has 3 aromatic heterocycles. The number of nitrogens with zero attached hydrogens (tertiary/aromatic N) is 4. The van der Waals surface area contributed by atoms with Crippen LogP contribution in [0.3, 0.4) is 0 Å². The standard InChI is InChI=1S/C18H9Cl2F3N4O3/c1-29-17(28)8-2-3-10(11(19)4-8)14-25-16(30-26-14)13-7-27-6-9(18(21,22)23)5-12(20)15(27)24-13/h2-7H,1H3. The maximum absolute atomic E-state index is 13.0. The number of esters is 1. The minimum absolute atomic E-state index is 0.0496. The lowest BCUT2D eigenvalue weighted by molar-refractivity contribution is -0.137. The van der Waals surface area contributed by atoms with Crippen molar-refractivity contribution in [3.63, 3.8) is 0 Å². The van der Waals surface area contributed by atoms with E-state index in [9.17, 15) is 18.0 Å². The zero-order valence-electron chi connectivity index (χ0n) is 14.9. The van der Waals surface area contributed by atoms with Crippen LogP contribution in [0.15, 0.2) is 41.2 Å². The molecule has 0 aliphatic rings. The average Bonchev–Trinajstić information content (AvgIpc) is 3.33. The van der Waals surface area contributed by atoms with Gasteiger partial charge in [0.05, 0.1) is 28.3 Å². The summed E-state index contributed by atoms with van der Waals surface area (Å²) in [4.78, 5) is 19.9. The van der Waals surface area contributed by atoms with Crippen LogP contribution >= 0.6 is 23.2 Å². The normalized spacial score (nSPS) is 11.8. The summed E-state index contributed by atoms with van der Waals surface area (Å²) in [5.41, 5.74) is -0.0873. The van der Waals surface area contributed by atoms with Crippen molar-refractivity contribution in [3.05, 3.63) is 57.8 Å². The third-order valence-electron chi connectivity index (χ3n) is 4.11. The Morgan fingerprint density at radius 2 is 1.90 bits per heavy atom. The van der Waals surface area contributed by atoms with E-state index in [1.54, 1.807) is 0 Å². The van der Waals surface area contributed by atoms with Gasteiger partial charge in [-0.15, -0.1) is 0 Å². The highest BCUT2D eigenvalue weighted by molar-refractivity contribution is 6.34. The van der Waals surface area contributed by atoms with Gasteiger partial charge in [-0.25, -0.2) is 9.78 Å². The molecule has 0 spiro atoms. The monoisotopic (exact) mass is 456 g/mol. The van der Waals surface area contributed by atoms with Crippen molar-refractivity contribution in [2.75, 3.05) is 7.11 Å². The summed E-state index contributed by atoms with van der Waals surface area (Å²) >= 11 is 12.1. The van der Waals surface area contributed by atoms with Gasteiger partial charge in [-0.1, -0.05) is 28.4 Å². The summed E-state index contributed by atoms with van der Waals surface area (Å²) in [6.07, 6.45) is -2.42. The Bertz CT molecular complexity index is 1280. The van der Waals surface area contributed by atoms with Crippen LogP contribution in [0.2, 0.25) is 10.0 Å². The fourth-order valence-electron chi connectivity index (χ4n) is 2.69. The smallest absolute Gasteiger partial charge is 0.417 e. The van der Waals surface area contributed by atoms with Crippen LogP contribution in [-0.2, 0) is 10.9 Å². The molecule has 0 bridgehead atoms. The van der Waals surface area contributed by atoms with E-state index in [4.69, 9.17) is 27.7 Å². The largest absolute Gasteiger partial charge is 0.465 e. The number of fused-ring (bicyclic) bond motifs is 1. The first-order valence-electron chi connectivity index (χ1n) is 8.15. The topological polar surface area (TPSA) is 82.5 Å². The molecule has 154 valence electrons. The van der Waals surface area contributed by atoms with Crippen molar-refractivity contribution in [3.8, 4) is 23.0 Å². The number of carbonyl (C=O) groups excluding carboxylic acids is 1. The summed E-state index contributed by atoms with van der Waals surface area (Å²) in [6.45, 7) is 0. The molecule has 12 heteroatoms. The summed E-state index contributed by atoms with van der Waals surface area (Å²) in [7, 11) is 1.24. The molecule has 0 amide bonds. The second kappa shape index (κ2) is 7.29. The molecule has 4 aromatic rings. The highest BCUT2D eigenvalue weighted by Crippen LogP contribution is 2.33. The number of ether oxygens (including phenoxy) is 1. The third kappa shape index (κ3) is 3.59. The van der Waals surface area contributed by atoms with Crippen molar-refractivity contribution >= 4 is 34.8 Å². The Morgan fingerprint density at radius 3 is 2.57 bits per heavy atom. The minimum Gasteiger partial charge on any atom is -0.465 e. The van der Waals surface area contributed by atoms with E-state index in [-0.39, 0.29) is 38.7 Å². The van der Waals surface area contributed by atoms with Crippen LogP contribution in [-0.4, -0.2) is 32.6 Å². The van der Waals surface area contributed by atoms with Gasteiger partial charge >= 0.3 is 12.1 Å². The van der Waals surface area contributed by atoms with Gasteiger partial charge in [-0.05, 0) is 24.3 Å². The molecule has 0 saturated heterocycles. The van der Waals surface area contributed by atoms with Crippen LogP contribution in [0.4, 0.5) is 13.2 Å². The molecular weight excluding hydrogens is 448 g/mol. The van der Waals surface area contributed by atoms with Gasteiger partial charge in [0.2, 0.25) is 5.82 Å². The Kier molecular flexibility index (Phi) is 4.91. The molecule has 0 saturated carbocycles. The Hall–Kier alpha value is -3.11. The van der Waals surface area contributed by atoms with E-state index in [1.807, 2.05) is 0 Å². The van der Waals surface area contributed by atoms with E-state index < -0.39 is 17.7 Å². The summed E-state index contributed by atoms with van der Waals surface area (Å²) in [5.74, 6) is -0.506. The van der Waals surface area contributed by atoms with Crippen molar-refractivity contribution in [1.82, 2.24) is 19.5 Å². The lowest BCUT2D eigenvalue weighted by atomic mass is 10.1.